The summed E-state index contributed by atoms with van der Waals surface area (Å²) in [5, 5.41) is 3.81. The molecule has 0 aromatic carbocycles. The second-order valence-electron chi connectivity index (χ2n) is 5.27. The number of unbranched alkanes of at least 4 members (excludes halogenated alkanes) is 3. The number of hydrogen-bond acceptors (Lipinski definition) is 1. The molecule has 90 valence electrons. The van der Waals surface area contributed by atoms with Gasteiger partial charge in [-0.25, -0.2) is 0 Å². The maximum absolute atomic E-state index is 3.81. The van der Waals surface area contributed by atoms with Gasteiger partial charge in [-0.2, -0.15) is 0 Å². The minimum atomic E-state index is 0.729. The summed E-state index contributed by atoms with van der Waals surface area (Å²) >= 11 is 0. The van der Waals surface area contributed by atoms with Gasteiger partial charge in [-0.1, -0.05) is 39.5 Å². The van der Waals surface area contributed by atoms with Gasteiger partial charge in [0.1, 0.15) is 0 Å². The Bertz CT molecular complexity index is 151. The fourth-order valence-corrected chi connectivity index (χ4v) is 2.41. The predicted octanol–water partition coefficient (Wildman–Crippen LogP) is 4.12. The van der Waals surface area contributed by atoms with Gasteiger partial charge in [0.15, 0.2) is 0 Å². The summed E-state index contributed by atoms with van der Waals surface area (Å²) in [4.78, 5) is 0. The molecule has 0 amide bonds. The van der Waals surface area contributed by atoms with Crippen LogP contribution < -0.4 is 5.32 Å². The first-order chi connectivity index (χ1) is 7.27. The van der Waals surface area contributed by atoms with E-state index in [1.807, 2.05) is 0 Å². The van der Waals surface area contributed by atoms with Gasteiger partial charge in [0.2, 0.25) is 0 Å². The summed E-state index contributed by atoms with van der Waals surface area (Å²) in [6.45, 7) is 6.96. The summed E-state index contributed by atoms with van der Waals surface area (Å²) in [5.41, 5.74) is 0. The Morgan fingerprint density at radius 2 is 1.87 bits per heavy atom. The van der Waals surface area contributed by atoms with Crippen LogP contribution in [0.1, 0.15) is 72.1 Å². The predicted molar refractivity (Wildman–Crippen MR) is 68.2 cm³/mol. The monoisotopic (exact) mass is 211 g/mol. The van der Waals surface area contributed by atoms with Gasteiger partial charge in [0.25, 0.3) is 0 Å². The van der Waals surface area contributed by atoms with Crippen molar-refractivity contribution in [3.05, 3.63) is 0 Å². The molecule has 0 aliphatic heterocycles. The Balaban J connectivity index is 2.02. The first-order valence-electron chi connectivity index (χ1n) is 7.04. The van der Waals surface area contributed by atoms with E-state index in [0.717, 1.165) is 18.0 Å². The second kappa shape index (κ2) is 7.27. The molecule has 1 rings (SSSR count). The molecule has 1 nitrogen and oxygen atoms in total. The fraction of sp³-hybridized carbons (Fsp3) is 1.00. The molecule has 1 aliphatic carbocycles. The van der Waals surface area contributed by atoms with Crippen molar-refractivity contribution in [2.24, 2.45) is 5.92 Å². The number of rotatable bonds is 9. The lowest BCUT2D eigenvalue weighted by Gasteiger charge is -2.22. The van der Waals surface area contributed by atoms with Crippen LogP contribution in [-0.4, -0.2) is 12.1 Å². The summed E-state index contributed by atoms with van der Waals surface area (Å²) in [6, 6.07) is 1.54. The van der Waals surface area contributed by atoms with E-state index in [2.05, 4.69) is 26.1 Å². The average Bonchev–Trinajstić information content (AvgIpc) is 3.05. The summed E-state index contributed by atoms with van der Waals surface area (Å²) in [6.07, 6.45) is 11.2. The molecule has 1 N–H and O–H groups in total. The highest BCUT2D eigenvalue weighted by atomic mass is 15.0. The van der Waals surface area contributed by atoms with Crippen LogP contribution in [0.5, 0.6) is 0 Å². The van der Waals surface area contributed by atoms with Crippen LogP contribution in [0, 0.1) is 5.92 Å². The van der Waals surface area contributed by atoms with Crippen molar-refractivity contribution >= 4 is 0 Å². The third-order valence-corrected chi connectivity index (χ3v) is 3.62. The minimum Gasteiger partial charge on any atom is -0.311 e. The standard InChI is InChI=1S/C14H29N/c1-4-6-7-8-9-12(3)15-14(5-2)13-10-11-13/h12-15H,4-11H2,1-3H3. The molecule has 2 atom stereocenters. The first-order valence-corrected chi connectivity index (χ1v) is 7.04. The molecule has 15 heavy (non-hydrogen) atoms. The lowest BCUT2D eigenvalue weighted by atomic mass is 10.0. The molecule has 0 heterocycles. The van der Waals surface area contributed by atoms with Gasteiger partial charge in [-0.15, -0.1) is 0 Å². The van der Waals surface area contributed by atoms with Crippen LogP contribution in [-0.2, 0) is 0 Å². The van der Waals surface area contributed by atoms with E-state index in [4.69, 9.17) is 0 Å². The highest BCUT2D eigenvalue weighted by Gasteiger charge is 2.30. The molecule has 1 aliphatic rings. The summed E-state index contributed by atoms with van der Waals surface area (Å²) in [7, 11) is 0. The molecule has 0 aromatic rings. The van der Waals surface area contributed by atoms with E-state index < -0.39 is 0 Å². The first kappa shape index (κ1) is 13.0. The second-order valence-corrected chi connectivity index (χ2v) is 5.27. The summed E-state index contributed by atoms with van der Waals surface area (Å²) < 4.78 is 0. The zero-order chi connectivity index (χ0) is 11.1. The van der Waals surface area contributed by atoms with E-state index in [9.17, 15) is 0 Å². The normalized spacial score (nSPS) is 20.2. The van der Waals surface area contributed by atoms with Crippen LogP contribution in [0.25, 0.3) is 0 Å². The molecule has 0 saturated heterocycles. The van der Waals surface area contributed by atoms with E-state index >= 15 is 0 Å². The molecule has 1 heteroatoms. The van der Waals surface area contributed by atoms with E-state index in [-0.39, 0.29) is 0 Å². The average molecular weight is 211 g/mol. The van der Waals surface area contributed by atoms with Crippen LogP contribution >= 0.6 is 0 Å². The zero-order valence-electron chi connectivity index (χ0n) is 10.9. The molecule has 0 aromatic heterocycles. The highest BCUT2D eigenvalue weighted by molar-refractivity contribution is 4.86. The van der Waals surface area contributed by atoms with Crippen LogP contribution in [0.4, 0.5) is 0 Å². The molecule has 1 saturated carbocycles. The number of nitrogens with one attached hydrogen (secondary N) is 1. The van der Waals surface area contributed by atoms with Crippen molar-refractivity contribution in [2.75, 3.05) is 0 Å². The summed E-state index contributed by atoms with van der Waals surface area (Å²) in [5.74, 6) is 1.01. The van der Waals surface area contributed by atoms with Crippen LogP contribution in [0.15, 0.2) is 0 Å². The Morgan fingerprint density at radius 3 is 2.40 bits per heavy atom. The molecule has 0 bridgehead atoms. The van der Waals surface area contributed by atoms with Gasteiger partial charge >= 0.3 is 0 Å². The largest absolute Gasteiger partial charge is 0.311 e. The van der Waals surface area contributed by atoms with Gasteiger partial charge in [-0.05, 0) is 38.5 Å². The maximum atomic E-state index is 3.81. The van der Waals surface area contributed by atoms with Crippen LogP contribution in [0.2, 0.25) is 0 Å². The molecular weight excluding hydrogens is 182 g/mol. The third-order valence-electron chi connectivity index (χ3n) is 3.62. The molecule has 0 radical (unpaired) electrons. The lowest BCUT2D eigenvalue weighted by molar-refractivity contribution is 0.377. The lowest BCUT2D eigenvalue weighted by Crippen LogP contribution is -2.37. The van der Waals surface area contributed by atoms with Crippen LogP contribution in [0.3, 0.4) is 0 Å². The molecular formula is C14H29N. The molecule has 1 fully saturated rings. The Kier molecular flexibility index (Phi) is 6.31. The fourth-order valence-electron chi connectivity index (χ4n) is 2.41. The van der Waals surface area contributed by atoms with Gasteiger partial charge in [0, 0.05) is 12.1 Å². The topological polar surface area (TPSA) is 12.0 Å². The van der Waals surface area contributed by atoms with Crippen molar-refractivity contribution in [3.8, 4) is 0 Å². The van der Waals surface area contributed by atoms with Gasteiger partial charge in [-0.3, -0.25) is 0 Å². The van der Waals surface area contributed by atoms with E-state index in [0.29, 0.717) is 0 Å². The van der Waals surface area contributed by atoms with Crippen molar-refractivity contribution in [2.45, 2.75) is 84.2 Å². The zero-order valence-corrected chi connectivity index (χ0v) is 10.9. The van der Waals surface area contributed by atoms with Crippen molar-refractivity contribution in [1.29, 1.82) is 0 Å². The third kappa shape index (κ3) is 5.55. The Morgan fingerprint density at radius 1 is 1.13 bits per heavy atom. The maximum Gasteiger partial charge on any atom is 0.00951 e. The smallest absolute Gasteiger partial charge is 0.00951 e. The SMILES string of the molecule is CCCCCCC(C)NC(CC)C1CC1. The molecule has 2 unspecified atom stereocenters. The Hall–Kier alpha value is -0.0400. The Labute approximate surface area is 96.0 Å². The highest BCUT2D eigenvalue weighted by Crippen LogP contribution is 2.34. The number of hydrogen-bond donors (Lipinski definition) is 1. The van der Waals surface area contributed by atoms with Gasteiger partial charge in [0.05, 0.1) is 0 Å². The minimum absolute atomic E-state index is 0.729. The molecule has 0 spiro atoms. The van der Waals surface area contributed by atoms with Crippen molar-refractivity contribution in [3.63, 3.8) is 0 Å². The van der Waals surface area contributed by atoms with Gasteiger partial charge < -0.3 is 5.32 Å². The van der Waals surface area contributed by atoms with Crippen molar-refractivity contribution < 1.29 is 0 Å². The quantitative estimate of drug-likeness (QED) is 0.566. The van der Waals surface area contributed by atoms with E-state index in [1.54, 1.807) is 0 Å². The van der Waals surface area contributed by atoms with Crippen molar-refractivity contribution in [1.82, 2.24) is 5.32 Å². The van der Waals surface area contributed by atoms with E-state index in [1.165, 1.54) is 51.4 Å².